The van der Waals surface area contributed by atoms with Gasteiger partial charge in [0.05, 0.1) is 18.0 Å². The van der Waals surface area contributed by atoms with Crippen LogP contribution in [-0.2, 0) is 0 Å². The van der Waals surface area contributed by atoms with E-state index in [9.17, 15) is 0 Å². The van der Waals surface area contributed by atoms with Gasteiger partial charge >= 0.3 is 0 Å². The average molecular weight is 426 g/mol. The zero-order chi connectivity index (χ0) is 20.9. The maximum absolute atomic E-state index is 5.99. The zero-order valence-electron chi connectivity index (χ0n) is 18.6. The lowest BCUT2D eigenvalue weighted by atomic mass is 10.2. The van der Waals surface area contributed by atoms with Crippen LogP contribution in [0.2, 0.25) is 0 Å². The number of likely N-dealkylation sites (N-methyl/N-ethyl adjacent to an activating group) is 1. The van der Waals surface area contributed by atoms with Gasteiger partial charge in [-0.1, -0.05) is 37.7 Å². The highest BCUT2D eigenvalue weighted by atomic mass is 32.2. The van der Waals surface area contributed by atoms with Crippen LogP contribution in [0.5, 0.6) is 5.75 Å². The van der Waals surface area contributed by atoms with E-state index in [1.54, 1.807) is 0 Å². The largest absolute Gasteiger partial charge is 0.493 e. The number of unbranched alkanes of at least 4 members (excludes halogenated alkanes) is 1. The highest BCUT2D eigenvalue weighted by Gasteiger charge is 2.23. The molecular weight excluding hydrogens is 390 g/mol. The fourth-order valence-electron chi connectivity index (χ4n) is 4.08. The van der Waals surface area contributed by atoms with Gasteiger partial charge in [-0.2, -0.15) is 0 Å². The van der Waals surface area contributed by atoms with Gasteiger partial charge in [-0.15, -0.1) is 0 Å². The van der Waals surface area contributed by atoms with Crippen molar-refractivity contribution in [2.45, 2.75) is 36.5 Å². The Bertz CT molecular complexity index is 833. The fraction of sp³-hybridized carbons (Fsp3) is 0.520. The van der Waals surface area contributed by atoms with Crippen LogP contribution in [0.25, 0.3) is 0 Å². The van der Waals surface area contributed by atoms with Gasteiger partial charge in [-0.3, -0.25) is 0 Å². The van der Waals surface area contributed by atoms with Crippen LogP contribution in [0.15, 0.2) is 52.3 Å². The second-order valence-corrected chi connectivity index (χ2v) is 9.99. The summed E-state index contributed by atoms with van der Waals surface area (Å²) in [5, 5.41) is 0. The Morgan fingerprint density at radius 1 is 0.900 bits per heavy atom. The molecule has 1 saturated heterocycles. The minimum Gasteiger partial charge on any atom is -0.493 e. The summed E-state index contributed by atoms with van der Waals surface area (Å²) in [6, 6.07) is 15.4. The number of hydrogen-bond donors (Lipinski definition) is 0. The first-order valence-electron chi connectivity index (χ1n) is 11.3. The van der Waals surface area contributed by atoms with Gasteiger partial charge < -0.3 is 19.4 Å². The van der Waals surface area contributed by atoms with Gasteiger partial charge in [-0.25, -0.2) is 0 Å². The number of rotatable bonds is 8. The molecular formula is C25H35N3OS. The second kappa shape index (κ2) is 10.1. The van der Waals surface area contributed by atoms with E-state index in [0.717, 1.165) is 18.9 Å². The maximum Gasteiger partial charge on any atom is 0.120 e. The van der Waals surface area contributed by atoms with Crippen molar-refractivity contribution in [1.82, 2.24) is 9.80 Å². The number of benzene rings is 2. The number of hydrogen-bond acceptors (Lipinski definition) is 5. The fourth-order valence-corrected chi connectivity index (χ4v) is 5.21. The van der Waals surface area contributed by atoms with Crippen molar-refractivity contribution in [2.75, 3.05) is 57.8 Å². The van der Waals surface area contributed by atoms with Crippen molar-refractivity contribution in [3.8, 4) is 5.75 Å². The highest BCUT2D eigenvalue weighted by Crippen LogP contribution is 2.49. The van der Waals surface area contributed by atoms with Crippen molar-refractivity contribution >= 4 is 23.1 Å². The van der Waals surface area contributed by atoms with E-state index < -0.39 is 0 Å². The summed E-state index contributed by atoms with van der Waals surface area (Å²) in [5.41, 5.74) is 2.65. The molecule has 2 heterocycles. The number of para-hydroxylation sites is 1. The third kappa shape index (κ3) is 5.32. The second-order valence-electron chi connectivity index (χ2n) is 8.91. The Balaban J connectivity index is 1.42. The smallest absolute Gasteiger partial charge is 0.120 e. The Kier molecular flexibility index (Phi) is 7.24. The minimum absolute atomic E-state index is 0.534. The summed E-state index contributed by atoms with van der Waals surface area (Å²) >= 11 is 1.86. The van der Waals surface area contributed by atoms with Gasteiger partial charge in [0.15, 0.2) is 0 Å². The maximum atomic E-state index is 5.99. The van der Waals surface area contributed by atoms with Crippen LogP contribution in [0.1, 0.15) is 26.7 Å². The third-order valence-electron chi connectivity index (χ3n) is 5.88. The van der Waals surface area contributed by atoms with Crippen LogP contribution < -0.4 is 9.64 Å². The van der Waals surface area contributed by atoms with Crippen molar-refractivity contribution in [1.29, 1.82) is 0 Å². The summed E-state index contributed by atoms with van der Waals surface area (Å²) in [6.07, 6.45) is 2.46. The van der Waals surface area contributed by atoms with Crippen molar-refractivity contribution in [2.24, 2.45) is 5.92 Å². The first-order chi connectivity index (χ1) is 14.6. The van der Waals surface area contributed by atoms with Crippen molar-refractivity contribution < 1.29 is 4.74 Å². The lowest BCUT2D eigenvalue weighted by Gasteiger charge is -2.34. The molecule has 30 heavy (non-hydrogen) atoms. The SMILES string of the molecule is CC(C)COc1ccc2c(c1)Sc1ccccc1N2CCCCN1CCN(C)CC1. The van der Waals surface area contributed by atoms with Crippen molar-refractivity contribution in [3.63, 3.8) is 0 Å². The lowest BCUT2D eigenvalue weighted by Crippen LogP contribution is -2.44. The molecule has 2 aliphatic heterocycles. The molecule has 5 heteroatoms. The molecule has 4 rings (SSSR count). The Morgan fingerprint density at radius 2 is 1.63 bits per heavy atom. The molecule has 0 amide bonds. The van der Waals surface area contributed by atoms with Gasteiger partial charge in [0, 0.05) is 42.5 Å². The molecule has 2 aliphatic rings. The molecule has 0 radical (unpaired) electrons. The summed E-state index contributed by atoms with van der Waals surface area (Å²) in [6.45, 7) is 12.2. The summed E-state index contributed by atoms with van der Waals surface area (Å²) < 4.78 is 5.99. The number of fused-ring (bicyclic) bond motifs is 2. The van der Waals surface area contributed by atoms with E-state index >= 15 is 0 Å². The monoisotopic (exact) mass is 425 g/mol. The van der Waals surface area contributed by atoms with Gasteiger partial charge in [0.25, 0.3) is 0 Å². The van der Waals surface area contributed by atoms with Crippen LogP contribution in [-0.4, -0.2) is 62.7 Å². The molecule has 0 atom stereocenters. The molecule has 0 unspecified atom stereocenters. The minimum atomic E-state index is 0.534. The first kappa shape index (κ1) is 21.5. The molecule has 0 saturated carbocycles. The van der Waals surface area contributed by atoms with Gasteiger partial charge in [0.2, 0.25) is 0 Å². The molecule has 162 valence electrons. The number of piperazine rings is 1. The zero-order valence-corrected chi connectivity index (χ0v) is 19.5. The molecule has 0 spiro atoms. The normalized spacial score (nSPS) is 17.1. The van der Waals surface area contributed by atoms with Crippen LogP contribution in [0.4, 0.5) is 11.4 Å². The molecule has 0 aliphatic carbocycles. The quantitative estimate of drug-likeness (QED) is 0.529. The molecule has 0 bridgehead atoms. The first-order valence-corrected chi connectivity index (χ1v) is 12.1. The molecule has 4 nitrogen and oxygen atoms in total. The van der Waals surface area contributed by atoms with E-state index in [0.29, 0.717) is 5.92 Å². The van der Waals surface area contributed by atoms with E-state index in [2.05, 4.69) is 78.1 Å². The standard InChI is InChI=1S/C25H35N3OS/c1-20(2)19-29-21-10-11-23-25(18-21)30-24-9-5-4-8-22(24)28(23)13-7-6-12-27-16-14-26(3)15-17-27/h4-5,8-11,18,20H,6-7,12-17,19H2,1-3H3. The molecule has 2 aromatic rings. The van der Waals surface area contributed by atoms with Crippen LogP contribution in [0.3, 0.4) is 0 Å². The third-order valence-corrected chi connectivity index (χ3v) is 7.00. The topological polar surface area (TPSA) is 19.0 Å². The Morgan fingerprint density at radius 3 is 2.43 bits per heavy atom. The predicted octanol–water partition coefficient (Wildman–Crippen LogP) is 5.35. The molecule has 1 fully saturated rings. The number of anilines is 2. The highest BCUT2D eigenvalue weighted by molar-refractivity contribution is 7.99. The Labute approximate surface area is 186 Å². The predicted molar refractivity (Wildman–Crippen MR) is 128 cm³/mol. The molecule has 0 N–H and O–H groups in total. The van der Waals surface area contributed by atoms with Crippen molar-refractivity contribution in [3.05, 3.63) is 42.5 Å². The Hall–Kier alpha value is -1.69. The summed E-state index contributed by atoms with van der Waals surface area (Å²) in [5.74, 6) is 1.51. The van der Waals surface area contributed by atoms with E-state index in [4.69, 9.17) is 4.74 Å². The number of ether oxygens (including phenoxy) is 1. The van der Waals surface area contributed by atoms with Crippen LogP contribution >= 0.6 is 11.8 Å². The van der Waals surface area contributed by atoms with E-state index in [-0.39, 0.29) is 0 Å². The summed E-state index contributed by atoms with van der Waals surface area (Å²) in [7, 11) is 2.22. The van der Waals surface area contributed by atoms with Crippen LogP contribution in [0, 0.1) is 5.92 Å². The number of nitrogens with zero attached hydrogens (tertiary/aromatic N) is 3. The van der Waals surface area contributed by atoms with Gasteiger partial charge in [0.1, 0.15) is 5.75 Å². The molecule has 2 aromatic carbocycles. The summed E-state index contributed by atoms with van der Waals surface area (Å²) in [4.78, 5) is 10.2. The van der Waals surface area contributed by atoms with E-state index in [1.807, 2.05) is 11.8 Å². The molecule has 0 aromatic heterocycles. The van der Waals surface area contributed by atoms with Gasteiger partial charge in [-0.05, 0) is 62.7 Å². The van der Waals surface area contributed by atoms with E-state index in [1.165, 1.54) is 66.7 Å². The lowest BCUT2D eigenvalue weighted by molar-refractivity contribution is 0.152. The average Bonchev–Trinajstić information content (AvgIpc) is 2.75.